The van der Waals surface area contributed by atoms with Gasteiger partial charge in [0.05, 0.1) is 12.2 Å². The maximum atomic E-state index is 13.6. The SMILES string of the molecule is CCOc1cc([C@@H]2C(C(=O)Nc3ccc(Cl)cc3)=C(C)Nc3ncnn32)ccc1OCc1cccc(C)c1. The molecule has 0 spiro atoms. The highest BCUT2D eigenvalue weighted by molar-refractivity contribution is 6.30. The maximum absolute atomic E-state index is 13.6. The van der Waals surface area contributed by atoms with Crippen LogP contribution in [0.25, 0.3) is 0 Å². The van der Waals surface area contributed by atoms with Crippen molar-refractivity contribution in [3.05, 3.63) is 106 Å². The molecule has 2 N–H and O–H groups in total. The highest BCUT2D eigenvalue weighted by Crippen LogP contribution is 2.39. The average Bonchev–Trinajstić information content (AvgIpc) is 3.36. The lowest BCUT2D eigenvalue weighted by Crippen LogP contribution is -2.31. The van der Waals surface area contributed by atoms with Crippen LogP contribution in [0.2, 0.25) is 5.02 Å². The molecule has 1 aromatic heterocycles. The number of rotatable bonds is 8. The molecule has 0 saturated heterocycles. The Balaban J connectivity index is 1.48. The van der Waals surface area contributed by atoms with Gasteiger partial charge >= 0.3 is 0 Å². The first-order valence-electron chi connectivity index (χ1n) is 12.3. The fourth-order valence-electron chi connectivity index (χ4n) is 4.47. The largest absolute Gasteiger partial charge is 0.490 e. The predicted molar refractivity (Wildman–Crippen MR) is 148 cm³/mol. The van der Waals surface area contributed by atoms with Crippen LogP contribution in [0, 0.1) is 6.92 Å². The van der Waals surface area contributed by atoms with E-state index >= 15 is 0 Å². The van der Waals surface area contributed by atoms with Crippen LogP contribution in [0.5, 0.6) is 11.5 Å². The summed E-state index contributed by atoms with van der Waals surface area (Å²) in [6.45, 7) is 6.70. The van der Waals surface area contributed by atoms with Gasteiger partial charge in [-0.15, -0.1) is 0 Å². The molecule has 0 unspecified atom stereocenters. The number of carbonyl (C=O) groups is 1. The lowest BCUT2D eigenvalue weighted by atomic mass is 9.94. The molecule has 3 aromatic carbocycles. The fourth-order valence-corrected chi connectivity index (χ4v) is 4.60. The summed E-state index contributed by atoms with van der Waals surface area (Å²) in [6.07, 6.45) is 1.46. The summed E-state index contributed by atoms with van der Waals surface area (Å²) in [4.78, 5) is 17.9. The van der Waals surface area contributed by atoms with Crippen molar-refractivity contribution in [1.29, 1.82) is 0 Å². The molecule has 0 fully saturated rings. The van der Waals surface area contributed by atoms with Crippen molar-refractivity contribution < 1.29 is 14.3 Å². The summed E-state index contributed by atoms with van der Waals surface area (Å²) >= 11 is 6.01. The van der Waals surface area contributed by atoms with Gasteiger partial charge < -0.3 is 20.1 Å². The normalized spacial score (nSPS) is 14.5. The Bertz CT molecular complexity index is 1500. The first kappa shape index (κ1) is 25.4. The molecule has 1 aliphatic rings. The first-order chi connectivity index (χ1) is 18.4. The number of aryl methyl sites for hydroxylation is 1. The second-order valence-electron chi connectivity index (χ2n) is 8.97. The molecule has 0 radical (unpaired) electrons. The number of anilines is 2. The van der Waals surface area contributed by atoms with E-state index in [2.05, 4.69) is 39.8 Å². The zero-order chi connectivity index (χ0) is 26.6. The van der Waals surface area contributed by atoms with E-state index < -0.39 is 6.04 Å². The number of halogens is 1. The Hall–Kier alpha value is -4.30. The standard InChI is InChI=1S/C29H28ClN5O3/c1-4-37-25-15-21(8-13-24(25)38-16-20-7-5-6-18(2)14-20)27-26(19(3)33-29-31-17-32-35(27)29)28(36)34-23-11-9-22(30)10-12-23/h5-15,17,27H,4,16H2,1-3H3,(H,34,36)(H,31,32,33)/t27-/m1/s1. The molecular weight excluding hydrogens is 502 g/mol. The van der Waals surface area contributed by atoms with Crippen LogP contribution >= 0.6 is 11.6 Å². The Morgan fingerprint density at radius 1 is 1.05 bits per heavy atom. The second kappa shape index (κ2) is 11.0. The molecule has 1 aliphatic heterocycles. The van der Waals surface area contributed by atoms with Gasteiger partial charge in [-0.3, -0.25) is 4.79 Å². The van der Waals surface area contributed by atoms with Crippen molar-refractivity contribution in [2.75, 3.05) is 17.2 Å². The van der Waals surface area contributed by atoms with E-state index in [1.807, 2.05) is 44.2 Å². The van der Waals surface area contributed by atoms with Crippen LogP contribution in [0.3, 0.4) is 0 Å². The molecule has 2 heterocycles. The van der Waals surface area contributed by atoms with Gasteiger partial charge in [0, 0.05) is 16.4 Å². The number of hydrogen-bond acceptors (Lipinski definition) is 6. The zero-order valence-electron chi connectivity index (χ0n) is 21.4. The number of nitrogens with zero attached hydrogens (tertiary/aromatic N) is 3. The number of nitrogens with one attached hydrogen (secondary N) is 2. The van der Waals surface area contributed by atoms with E-state index in [9.17, 15) is 4.79 Å². The Kier molecular flexibility index (Phi) is 7.33. The van der Waals surface area contributed by atoms with Crippen LogP contribution < -0.4 is 20.1 Å². The van der Waals surface area contributed by atoms with Gasteiger partial charge in [-0.2, -0.15) is 10.1 Å². The van der Waals surface area contributed by atoms with Gasteiger partial charge in [0.2, 0.25) is 5.95 Å². The lowest BCUT2D eigenvalue weighted by Gasteiger charge is -2.29. The predicted octanol–water partition coefficient (Wildman–Crippen LogP) is 6.15. The highest BCUT2D eigenvalue weighted by atomic mass is 35.5. The van der Waals surface area contributed by atoms with E-state index in [0.717, 1.165) is 11.1 Å². The van der Waals surface area contributed by atoms with Crippen molar-refractivity contribution in [3.8, 4) is 11.5 Å². The number of ether oxygens (including phenoxy) is 2. The number of hydrogen-bond donors (Lipinski definition) is 2. The molecule has 1 amide bonds. The second-order valence-corrected chi connectivity index (χ2v) is 9.41. The van der Waals surface area contributed by atoms with E-state index in [-0.39, 0.29) is 5.91 Å². The summed E-state index contributed by atoms with van der Waals surface area (Å²) in [5.74, 6) is 1.50. The van der Waals surface area contributed by atoms with E-state index in [4.69, 9.17) is 21.1 Å². The van der Waals surface area contributed by atoms with Crippen molar-refractivity contribution in [2.24, 2.45) is 0 Å². The molecule has 0 saturated carbocycles. The average molecular weight is 530 g/mol. The molecule has 0 aliphatic carbocycles. The fraction of sp³-hybridized carbons (Fsp3) is 0.207. The molecule has 194 valence electrons. The van der Waals surface area contributed by atoms with Crippen molar-refractivity contribution in [3.63, 3.8) is 0 Å². The van der Waals surface area contributed by atoms with E-state index in [1.165, 1.54) is 11.9 Å². The topological polar surface area (TPSA) is 90.3 Å². The number of amides is 1. The van der Waals surface area contributed by atoms with Crippen LogP contribution in [-0.2, 0) is 11.4 Å². The highest BCUT2D eigenvalue weighted by Gasteiger charge is 2.34. The zero-order valence-corrected chi connectivity index (χ0v) is 22.1. The molecule has 0 bridgehead atoms. The van der Waals surface area contributed by atoms with E-state index in [0.29, 0.717) is 52.6 Å². The lowest BCUT2D eigenvalue weighted by molar-refractivity contribution is -0.113. The van der Waals surface area contributed by atoms with Crippen LogP contribution in [0.4, 0.5) is 11.6 Å². The third kappa shape index (κ3) is 5.35. The molecule has 5 rings (SSSR count). The molecular formula is C29H28ClN5O3. The number of benzene rings is 3. The molecule has 8 nitrogen and oxygen atoms in total. The monoisotopic (exact) mass is 529 g/mol. The third-order valence-corrected chi connectivity index (χ3v) is 6.45. The summed E-state index contributed by atoms with van der Waals surface area (Å²) in [5, 5.41) is 11.2. The number of fused-ring (bicyclic) bond motifs is 1. The molecule has 4 aromatic rings. The Labute approximate surface area is 226 Å². The summed E-state index contributed by atoms with van der Waals surface area (Å²) in [5.41, 5.74) is 4.88. The minimum absolute atomic E-state index is 0.263. The minimum Gasteiger partial charge on any atom is -0.490 e. The Morgan fingerprint density at radius 2 is 1.87 bits per heavy atom. The Morgan fingerprint density at radius 3 is 2.63 bits per heavy atom. The van der Waals surface area contributed by atoms with E-state index in [1.54, 1.807) is 28.9 Å². The summed E-state index contributed by atoms with van der Waals surface area (Å²) < 4.78 is 13.8. The van der Waals surface area contributed by atoms with Crippen LogP contribution in [-0.4, -0.2) is 27.3 Å². The van der Waals surface area contributed by atoms with Gasteiger partial charge in [0.15, 0.2) is 11.5 Å². The third-order valence-electron chi connectivity index (χ3n) is 6.20. The van der Waals surface area contributed by atoms with Gasteiger partial charge in [-0.1, -0.05) is 47.5 Å². The molecule has 38 heavy (non-hydrogen) atoms. The molecule has 1 atom stereocenters. The smallest absolute Gasteiger partial charge is 0.255 e. The number of allylic oxidation sites excluding steroid dienone is 1. The van der Waals surface area contributed by atoms with Crippen molar-refractivity contribution in [1.82, 2.24) is 14.8 Å². The first-order valence-corrected chi connectivity index (χ1v) is 12.7. The van der Waals surface area contributed by atoms with Crippen LogP contribution in [0.15, 0.2) is 84.3 Å². The van der Waals surface area contributed by atoms with Gasteiger partial charge in [0.1, 0.15) is 19.0 Å². The van der Waals surface area contributed by atoms with Crippen molar-refractivity contribution in [2.45, 2.75) is 33.4 Å². The molecule has 9 heteroatoms. The minimum atomic E-state index is -0.536. The van der Waals surface area contributed by atoms with Gasteiger partial charge in [-0.25, -0.2) is 4.68 Å². The summed E-state index contributed by atoms with van der Waals surface area (Å²) in [6, 6.07) is 20.3. The van der Waals surface area contributed by atoms with Gasteiger partial charge in [0.25, 0.3) is 5.91 Å². The van der Waals surface area contributed by atoms with Gasteiger partial charge in [-0.05, 0) is 68.3 Å². The van der Waals surface area contributed by atoms with Crippen molar-refractivity contribution >= 4 is 29.1 Å². The maximum Gasteiger partial charge on any atom is 0.255 e. The quantitative estimate of drug-likeness (QED) is 0.285. The van der Waals surface area contributed by atoms with Crippen LogP contribution in [0.1, 0.15) is 36.6 Å². The number of aromatic nitrogens is 3. The summed E-state index contributed by atoms with van der Waals surface area (Å²) in [7, 11) is 0. The number of carbonyl (C=O) groups excluding carboxylic acids is 1.